The molecule has 86 valence electrons. The normalized spacial score (nSPS) is 12.0. The van der Waals surface area contributed by atoms with Gasteiger partial charge < -0.3 is 0 Å². The molecule has 14 heavy (non-hydrogen) atoms. The molecule has 0 unspecified atom stereocenters. The molecule has 0 heterocycles. The summed E-state index contributed by atoms with van der Waals surface area (Å²) >= 11 is 5.83. The Kier molecular flexibility index (Phi) is 8.70. The van der Waals surface area contributed by atoms with Crippen LogP contribution in [0.1, 0.15) is 47.0 Å². The molecule has 0 amide bonds. The van der Waals surface area contributed by atoms with Gasteiger partial charge in [-0.05, 0) is 31.7 Å². The molecular weight excluding hydrogens is 194 g/mol. The summed E-state index contributed by atoms with van der Waals surface area (Å²) in [5, 5.41) is 0. The molecular formula is C12H26ClN. The van der Waals surface area contributed by atoms with Crippen molar-refractivity contribution in [2.45, 2.75) is 53.0 Å². The van der Waals surface area contributed by atoms with Gasteiger partial charge in [-0.2, -0.15) is 0 Å². The first kappa shape index (κ1) is 14.2. The molecule has 0 bridgehead atoms. The first-order chi connectivity index (χ1) is 6.65. The highest BCUT2D eigenvalue weighted by Crippen LogP contribution is 2.11. The highest BCUT2D eigenvalue weighted by atomic mass is 35.5. The number of alkyl halides is 1. The highest BCUT2D eigenvalue weighted by molar-refractivity contribution is 6.18. The molecule has 0 aromatic heterocycles. The first-order valence-electron chi connectivity index (χ1n) is 5.95. The predicted molar refractivity (Wildman–Crippen MR) is 66.1 cm³/mol. The van der Waals surface area contributed by atoms with E-state index in [1.54, 1.807) is 0 Å². The van der Waals surface area contributed by atoms with Gasteiger partial charge in [0.2, 0.25) is 0 Å². The van der Waals surface area contributed by atoms with Crippen molar-refractivity contribution in [3.8, 4) is 0 Å². The lowest BCUT2D eigenvalue weighted by atomic mass is 10.1. The maximum Gasteiger partial charge on any atom is 0.0351 e. The SMILES string of the molecule is CCC(CC)N(CCCl)CCC(C)C. The van der Waals surface area contributed by atoms with Gasteiger partial charge in [0.15, 0.2) is 0 Å². The molecule has 0 fully saturated rings. The maximum absolute atomic E-state index is 5.83. The average Bonchev–Trinajstić information content (AvgIpc) is 2.15. The van der Waals surface area contributed by atoms with Gasteiger partial charge in [0.25, 0.3) is 0 Å². The van der Waals surface area contributed by atoms with E-state index < -0.39 is 0 Å². The van der Waals surface area contributed by atoms with E-state index in [0.717, 1.165) is 24.4 Å². The van der Waals surface area contributed by atoms with Gasteiger partial charge in [-0.1, -0.05) is 27.7 Å². The van der Waals surface area contributed by atoms with Crippen LogP contribution in [0, 0.1) is 5.92 Å². The summed E-state index contributed by atoms with van der Waals surface area (Å²) in [4.78, 5) is 2.55. The monoisotopic (exact) mass is 219 g/mol. The van der Waals surface area contributed by atoms with Crippen LogP contribution >= 0.6 is 11.6 Å². The van der Waals surface area contributed by atoms with Crippen molar-refractivity contribution in [3.63, 3.8) is 0 Å². The predicted octanol–water partition coefficient (Wildman–Crippen LogP) is 3.76. The fraction of sp³-hybridized carbons (Fsp3) is 1.00. The van der Waals surface area contributed by atoms with Gasteiger partial charge >= 0.3 is 0 Å². The van der Waals surface area contributed by atoms with Crippen molar-refractivity contribution < 1.29 is 0 Å². The second-order valence-electron chi connectivity index (χ2n) is 4.38. The Bertz CT molecular complexity index is 121. The Morgan fingerprint density at radius 2 is 1.64 bits per heavy atom. The number of nitrogens with zero attached hydrogens (tertiary/aromatic N) is 1. The van der Waals surface area contributed by atoms with Gasteiger partial charge in [-0.3, -0.25) is 4.90 Å². The molecule has 0 saturated carbocycles. The molecule has 2 heteroatoms. The molecule has 0 radical (unpaired) electrons. The lowest BCUT2D eigenvalue weighted by molar-refractivity contribution is 0.186. The first-order valence-corrected chi connectivity index (χ1v) is 6.49. The van der Waals surface area contributed by atoms with Crippen LogP contribution in [0.5, 0.6) is 0 Å². The number of hydrogen-bond acceptors (Lipinski definition) is 1. The second kappa shape index (κ2) is 8.55. The summed E-state index contributed by atoms with van der Waals surface area (Å²) < 4.78 is 0. The van der Waals surface area contributed by atoms with Crippen LogP contribution in [0.25, 0.3) is 0 Å². The quantitative estimate of drug-likeness (QED) is 0.562. The summed E-state index contributed by atoms with van der Waals surface area (Å²) in [5.41, 5.74) is 0. The van der Waals surface area contributed by atoms with Crippen molar-refractivity contribution in [3.05, 3.63) is 0 Å². The largest absolute Gasteiger partial charge is 0.299 e. The molecule has 0 aliphatic heterocycles. The second-order valence-corrected chi connectivity index (χ2v) is 4.76. The Balaban J connectivity index is 3.98. The van der Waals surface area contributed by atoms with E-state index in [2.05, 4.69) is 32.6 Å². The standard InChI is InChI=1S/C12H26ClN/c1-5-12(6-2)14(10-8-13)9-7-11(3)4/h11-12H,5-10H2,1-4H3. The smallest absolute Gasteiger partial charge is 0.0351 e. The van der Waals surface area contributed by atoms with Crippen LogP contribution in [0.4, 0.5) is 0 Å². The van der Waals surface area contributed by atoms with Crippen molar-refractivity contribution in [1.29, 1.82) is 0 Å². The molecule has 0 aliphatic carbocycles. The minimum Gasteiger partial charge on any atom is -0.299 e. The third-order valence-corrected chi connectivity index (χ3v) is 2.99. The van der Waals surface area contributed by atoms with E-state index in [0.29, 0.717) is 0 Å². The number of halogens is 1. The van der Waals surface area contributed by atoms with E-state index in [9.17, 15) is 0 Å². The van der Waals surface area contributed by atoms with Gasteiger partial charge in [0.1, 0.15) is 0 Å². The van der Waals surface area contributed by atoms with Crippen LogP contribution in [-0.2, 0) is 0 Å². The Morgan fingerprint density at radius 3 is 2.00 bits per heavy atom. The Labute approximate surface area is 94.8 Å². The zero-order chi connectivity index (χ0) is 11.0. The Hall–Kier alpha value is 0.250. The fourth-order valence-corrected chi connectivity index (χ4v) is 2.03. The Morgan fingerprint density at radius 1 is 1.07 bits per heavy atom. The average molecular weight is 220 g/mol. The van der Waals surface area contributed by atoms with Crippen LogP contribution in [0.3, 0.4) is 0 Å². The van der Waals surface area contributed by atoms with Crippen LogP contribution in [-0.4, -0.2) is 29.9 Å². The third-order valence-electron chi connectivity index (χ3n) is 2.82. The zero-order valence-electron chi connectivity index (χ0n) is 10.2. The van der Waals surface area contributed by atoms with Crippen molar-refractivity contribution in [1.82, 2.24) is 4.90 Å². The molecule has 0 rings (SSSR count). The lowest BCUT2D eigenvalue weighted by Gasteiger charge is -2.30. The summed E-state index contributed by atoms with van der Waals surface area (Å²) in [5.74, 6) is 1.55. The minimum atomic E-state index is 0.729. The molecule has 0 saturated heterocycles. The van der Waals surface area contributed by atoms with E-state index >= 15 is 0 Å². The van der Waals surface area contributed by atoms with Gasteiger partial charge in [0, 0.05) is 18.5 Å². The van der Waals surface area contributed by atoms with Crippen molar-refractivity contribution in [2.75, 3.05) is 19.0 Å². The maximum atomic E-state index is 5.83. The van der Waals surface area contributed by atoms with Crippen molar-refractivity contribution >= 4 is 11.6 Å². The molecule has 0 aromatic carbocycles. The summed E-state index contributed by atoms with van der Waals surface area (Å²) in [7, 11) is 0. The van der Waals surface area contributed by atoms with Crippen LogP contribution < -0.4 is 0 Å². The molecule has 0 atom stereocenters. The lowest BCUT2D eigenvalue weighted by Crippen LogP contribution is -2.37. The summed E-state index contributed by atoms with van der Waals surface area (Å²) in [6, 6.07) is 0.729. The fourth-order valence-electron chi connectivity index (χ4n) is 1.81. The number of rotatable bonds is 8. The summed E-state index contributed by atoms with van der Waals surface area (Å²) in [6.45, 7) is 11.4. The van der Waals surface area contributed by atoms with E-state index in [1.165, 1.54) is 25.8 Å². The number of hydrogen-bond donors (Lipinski definition) is 0. The molecule has 0 aliphatic rings. The molecule has 0 N–H and O–H groups in total. The van der Waals surface area contributed by atoms with Crippen molar-refractivity contribution in [2.24, 2.45) is 5.92 Å². The zero-order valence-corrected chi connectivity index (χ0v) is 11.0. The highest BCUT2D eigenvalue weighted by Gasteiger charge is 2.14. The third kappa shape index (κ3) is 5.87. The van der Waals surface area contributed by atoms with E-state index in [1.807, 2.05) is 0 Å². The molecule has 1 nitrogen and oxygen atoms in total. The van der Waals surface area contributed by atoms with E-state index in [-0.39, 0.29) is 0 Å². The van der Waals surface area contributed by atoms with Gasteiger partial charge in [0.05, 0.1) is 0 Å². The molecule has 0 aromatic rings. The molecule has 0 spiro atoms. The van der Waals surface area contributed by atoms with Crippen LogP contribution in [0.15, 0.2) is 0 Å². The summed E-state index contributed by atoms with van der Waals surface area (Å²) in [6.07, 6.45) is 3.77. The topological polar surface area (TPSA) is 3.24 Å². The van der Waals surface area contributed by atoms with E-state index in [4.69, 9.17) is 11.6 Å². The van der Waals surface area contributed by atoms with Crippen LogP contribution in [0.2, 0.25) is 0 Å². The van der Waals surface area contributed by atoms with Gasteiger partial charge in [-0.25, -0.2) is 0 Å². The van der Waals surface area contributed by atoms with Gasteiger partial charge in [-0.15, -0.1) is 11.6 Å². The minimum absolute atomic E-state index is 0.729.